The average Bonchev–Trinajstić information content (AvgIpc) is 3.18. The molecule has 1 aliphatic rings. The third-order valence-corrected chi connectivity index (χ3v) is 4.31. The molecule has 0 aliphatic carbocycles. The lowest BCUT2D eigenvalue weighted by atomic mass is 10.1. The fraction of sp³-hybridized carbons (Fsp3) is 0.353. The van der Waals surface area contributed by atoms with Crippen LogP contribution >= 0.6 is 0 Å². The van der Waals surface area contributed by atoms with E-state index in [9.17, 15) is 0 Å². The van der Waals surface area contributed by atoms with Gasteiger partial charge < -0.3 is 5.32 Å². The summed E-state index contributed by atoms with van der Waals surface area (Å²) in [5.41, 5.74) is 5.76. The van der Waals surface area contributed by atoms with Crippen molar-refractivity contribution in [3.63, 3.8) is 0 Å². The lowest BCUT2D eigenvalue weighted by molar-refractivity contribution is 0.551. The van der Waals surface area contributed by atoms with Crippen LogP contribution < -0.4 is 5.32 Å². The van der Waals surface area contributed by atoms with E-state index in [1.807, 2.05) is 13.2 Å². The molecule has 1 aliphatic heterocycles. The summed E-state index contributed by atoms with van der Waals surface area (Å²) in [6.45, 7) is 2.75. The molecule has 1 aromatic carbocycles. The molecule has 0 unspecified atom stereocenters. The summed E-state index contributed by atoms with van der Waals surface area (Å²) in [6.07, 6.45) is 3.93. The van der Waals surface area contributed by atoms with Gasteiger partial charge in [-0.05, 0) is 12.0 Å². The van der Waals surface area contributed by atoms with Crippen LogP contribution in [0.25, 0.3) is 11.4 Å². The fourth-order valence-electron chi connectivity index (χ4n) is 3.15. The summed E-state index contributed by atoms with van der Waals surface area (Å²) >= 11 is 0. The summed E-state index contributed by atoms with van der Waals surface area (Å²) in [5.74, 6) is 0. The highest BCUT2D eigenvalue weighted by Crippen LogP contribution is 2.26. The molecular weight excluding hydrogens is 288 g/mol. The van der Waals surface area contributed by atoms with Crippen molar-refractivity contribution in [2.75, 3.05) is 6.54 Å². The first-order chi connectivity index (χ1) is 11.3. The van der Waals surface area contributed by atoms with Gasteiger partial charge in [-0.2, -0.15) is 5.10 Å². The van der Waals surface area contributed by atoms with E-state index in [1.54, 1.807) is 4.68 Å². The molecule has 3 heterocycles. The maximum absolute atomic E-state index is 4.85. The fourth-order valence-corrected chi connectivity index (χ4v) is 3.15. The van der Waals surface area contributed by atoms with Gasteiger partial charge in [0.15, 0.2) is 0 Å². The van der Waals surface area contributed by atoms with Gasteiger partial charge in [-0.1, -0.05) is 35.5 Å². The lowest BCUT2D eigenvalue weighted by Gasteiger charge is -2.15. The second-order valence-electron chi connectivity index (χ2n) is 5.94. The number of rotatable bonds is 4. The summed E-state index contributed by atoms with van der Waals surface area (Å²) < 4.78 is 3.88. The maximum atomic E-state index is 4.85. The Labute approximate surface area is 135 Å². The first-order valence-corrected chi connectivity index (χ1v) is 8.01. The molecule has 0 saturated carbocycles. The molecule has 6 heteroatoms. The number of fused-ring (bicyclic) bond motifs is 1. The number of benzene rings is 1. The molecule has 0 atom stereocenters. The smallest absolute Gasteiger partial charge is 0.133 e. The Kier molecular flexibility index (Phi) is 3.67. The van der Waals surface area contributed by atoms with Gasteiger partial charge in [-0.15, -0.1) is 5.10 Å². The minimum Gasteiger partial charge on any atom is -0.312 e. The largest absolute Gasteiger partial charge is 0.312 e. The Morgan fingerprint density at radius 1 is 1.22 bits per heavy atom. The van der Waals surface area contributed by atoms with Crippen LogP contribution in [0.2, 0.25) is 0 Å². The van der Waals surface area contributed by atoms with E-state index >= 15 is 0 Å². The Morgan fingerprint density at radius 2 is 2.09 bits per heavy atom. The van der Waals surface area contributed by atoms with E-state index in [4.69, 9.17) is 5.10 Å². The molecule has 0 fully saturated rings. The number of hydrogen-bond donors (Lipinski definition) is 1. The van der Waals surface area contributed by atoms with Gasteiger partial charge in [0.1, 0.15) is 11.4 Å². The SMILES string of the molecule is Cn1cc(-c2nn(CCc3ccccc3)c3c2CNCC3)nn1. The van der Waals surface area contributed by atoms with Crippen LogP contribution in [0.5, 0.6) is 0 Å². The zero-order chi connectivity index (χ0) is 15.6. The minimum atomic E-state index is 0.853. The summed E-state index contributed by atoms with van der Waals surface area (Å²) in [4.78, 5) is 0. The van der Waals surface area contributed by atoms with Gasteiger partial charge in [0.2, 0.25) is 0 Å². The summed E-state index contributed by atoms with van der Waals surface area (Å²) in [7, 11) is 1.88. The zero-order valence-corrected chi connectivity index (χ0v) is 13.2. The monoisotopic (exact) mass is 308 g/mol. The van der Waals surface area contributed by atoms with E-state index < -0.39 is 0 Å². The number of nitrogens with one attached hydrogen (secondary N) is 1. The van der Waals surface area contributed by atoms with Crippen LogP contribution in [0.4, 0.5) is 0 Å². The molecule has 0 bridgehead atoms. The molecule has 0 radical (unpaired) electrons. The van der Waals surface area contributed by atoms with Crippen LogP contribution in [0.3, 0.4) is 0 Å². The number of hydrogen-bond acceptors (Lipinski definition) is 4. The predicted molar refractivity (Wildman–Crippen MR) is 87.8 cm³/mol. The Morgan fingerprint density at radius 3 is 2.87 bits per heavy atom. The summed E-state index contributed by atoms with van der Waals surface area (Å²) in [6, 6.07) is 10.6. The van der Waals surface area contributed by atoms with Crippen LogP contribution in [0.15, 0.2) is 36.5 Å². The molecule has 6 nitrogen and oxygen atoms in total. The van der Waals surface area contributed by atoms with Crippen molar-refractivity contribution >= 4 is 0 Å². The van der Waals surface area contributed by atoms with Crippen LogP contribution in [-0.4, -0.2) is 31.3 Å². The summed E-state index contributed by atoms with van der Waals surface area (Å²) in [5, 5.41) is 16.6. The number of aryl methyl sites for hydroxylation is 3. The van der Waals surface area contributed by atoms with Crippen molar-refractivity contribution in [2.24, 2.45) is 7.05 Å². The lowest BCUT2D eigenvalue weighted by Crippen LogP contribution is -2.25. The quantitative estimate of drug-likeness (QED) is 0.795. The molecule has 0 saturated heterocycles. The van der Waals surface area contributed by atoms with E-state index in [0.29, 0.717) is 0 Å². The zero-order valence-electron chi connectivity index (χ0n) is 13.2. The first-order valence-electron chi connectivity index (χ1n) is 8.01. The van der Waals surface area contributed by atoms with Crippen molar-refractivity contribution < 1.29 is 0 Å². The van der Waals surface area contributed by atoms with Gasteiger partial charge in [0.25, 0.3) is 0 Å². The molecule has 2 aromatic heterocycles. The second kappa shape index (κ2) is 5.96. The molecule has 1 N–H and O–H groups in total. The van der Waals surface area contributed by atoms with Crippen LogP contribution in [0.1, 0.15) is 16.8 Å². The van der Waals surface area contributed by atoms with Gasteiger partial charge in [-0.3, -0.25) is 9.36 Å². The highest BCUT2D eigenvalue weighted by molar-refractivity contribution is 5.59. The van der Waals surface area contributed by atoms with Gasteiger partial charge in [0, 0.05) is 44.4 Å². The van der Waals surface area contributed by atoms with Gasteiger partial charge in [-0.25, -0.2) is 0 Å². The van der Waals surface area contributed by atoms with E-state index in [2.05, 4.69) is 50.6 Å². The second-order valence-corrected chi connectivity index (χ2v) is 5.94. The third kappa shape index (κ3) is 2.77. The highest BCUT2D eigenvalue weighted by atomic mass is 15.4. The standard InChI is InChI=1S/C17H20N6/c1-22-12-15(19-21-22)17-14-11-18-9-7-16(14)23(20-17)10-8-13-5-3-2-4-6-13/h2-6,12,18H,7-11H2,1H3. The van der Waals surface area contributed by atoms with Crippen LogP contribution in [0, 0.1) is 0 Å². The van der Waals surface area contributed by atoms with Crippen molar-refractivity contribution in [3.05, 3.63) is 53.3 Å². The third-order valence-electron chi connectivity index (χ3n) is 4.31. The van der Waals surface area contributed by atoms with Gasteiger partial charge in [0.05, 0.1) is 6.20 Å². The molecule has 23 heavy (non-hydrogen) atoms. The van der Waals surface area contributed by atoms with Crippen molar-refractivity contribution in [1.29, 1.82) is 0 Å². The van der Waals surface area contributed by atoms with Gasteiger partial charge >= 0.3 is 0 Å². The first kappa shape index (κ1) is 14.1. The molecule has 0 spiro atoms. The maximum Gasteiger partial charge on any atom is 0.133 e. The Balaban J connectivity index is 1.65. The number of aromatic nitrogens is 5. The molecule has 4 rings (SSSR count). The van der Waals surface area contributed by atoms with Crippen molar-refractivity contribution in [2.45, 2.75) is 25.9 Å². The predicted octanol–water partition coefficient (Wildman–Crippen LogP) is 1.57. The normalized spacial score (nSPS) is 14.0. The Bertz CT molecular complexity index is 802. The van der Waals surface area contributed by atoms with E-state index in [-0.39, 0.29) is 0 Å². The molecule has 118 valence electrons. The number of nitrogens with zero attached hydrogens (tertiary/aromatic N) is 5. The Hall–Kier alpha value is -2.47. The van der Waals surface area contributed by atoms with Crippen molar-refractivity contribution in [3.8, 4) is 11.4 Å². The van der Waals surface area contributed by atoms with E-state index in [1.165, 1.54) is 16.8 Å². The van der Waals surface area contributed by atoms with E-state index in [0.717, 1.165) is 43.9 Å². The highest BCUT2D eigenvalue weighted by Gasteiger charge is 2.22. The molecule has 0 amide bonds. The topological polar surface area (TPSA) is 60.6 Å². The van der Waals surface area contributed by atoms with Crippen LogP contribution in [-0.2, 0) is 33.0 Å². The molecule has 3 aromatic rings. The van der Waals surface area contributed by atoms with Crippen molar-refractivity contribution in [1.82, 2.24) is 30.1 Å². The minimum absolute atomic E-state index is 0.853. The molecular formula is C17H20N6. The average molecular weight is 308 g/mol.